The molecule has 158 valence electrons. The summed E-state index contributed by atoms with van der Waals surface area (Å²) in [6.07, 6.45) is 1.94. The maximum absolute atomic E-state index is 12.6. The van der Waals surface area contributed by atoms with Crippen LogP contribution >= 0.6 is 43.6 Å². The number of aryl methyl sites for hydroxylation is 3. The molecule has 1 aromatic heterocycles. The number of benzene rings is 2. The van der Waals surface area contributed by atoms with Gasteiger partial charge in [0.05, 0.1) is 10.6 Å². The van der Waals surface area contributed by atoms with Gasteiger partial charge < -0.3 is 9.88 Å². The van der Waals surface area contributed by atoms with Crippen molar-refractivity contribution < 1.29 is 4.79 Å². The van der Waals surface area contributed by atoms with Gasteiger partial charge in [0, 0.05) is 26.0 Å². The molecule has 0 aliphatic carbocycles. The van der Waals surface area contributed by atoms with Crippen molar-refractivity contribution in [2.75, 3.05) is 0 Å². The van der Waals surface area contributed by atoms with Crippen molar-refractivity contribution in [3.63, 3.8) is 0 Å². The Balaban J connectivity index is 1.64. The molecule has 0 radical (unpaired) electrons. The van der Waals surface area contributed by atoms with E-state index >= 15 is 0 Å². The number of hydrogen-bond donors (Lipinski definition) is 1. The Kier molecular flexibility index (Phi) is 6.28. The average molecular weight is 559 g/mol. The normalized spacial score (nSPS) is 16.4. The molecule has 7 heteroatoms. The predicted molar refractivity (Wildman–Crippen MR) is 137 cm³/mol. The fourth-order valence-corrected chi connectivity index (χ4v) is 4.97. The van der Waals surface area contributed by atoms with Crippen LogP contribution in [0.5, 0.6) is 0 Å². The highest BCUT2D eigenvalue weighted by atomic mass is 79.9. The van der Waals surface area contributed by atoms with E-state index in [4.69, 9.17) is 0 Å². The molecule has 1 N–H and O–H groups in total. The number of rotatable bonds is 3. The number of halogens is 2. The van der Waals surface area contributed by atoms with Gasteiger partial charge in [-0.05, 0) is 105 Å². The Morgan fingerprint density at radius 1 is 1.00 bits per heavy atom. The quantitative estimate of drug-likeness (QED) is 0.348. The number of carbonyl (C=O) groups excluding carboxylic acids is 1. The number of amides is 1. The average Bonchev–Trinajstić information content (AvgIpc) is 3.19. The summed E-state index contributed by atoms with van der Waals surface area (Å²) in [4.78, 5) is 17.9. The third kappa shape index (κ3) is 4.59. The van der Waals surface area contributed by atoms with Gasteiger partial charge in [-0.25, -0.2) is 4.99 Å². The molecule has 1 fully saturated rings. The summed E-state index contributed by atoms with van der Waals surface area (Å²) in [6, 6.07) is 14.3. The molecule has 31 heavy (non-hydrogen) atoms. The number of thioether (sulfide) groups is 1. The smallest absolute Gasteiger partial charge is 0.264 e. The standard InChI is InChI=1S/C24H21Br2N3OS/c1-13-9-19(10-14(2)22(13)26)27-24-28-23(30)21(31-24)12-17-11-15(3)29(16(17)4)20-7-5-18(25)6-8-20/h5-12H,1-4H3,(H,27,28,30)/b21-12+. The van der Waals surface area contributed by atoms with Crippen molar-refractivity contribution in [3.8, 4) is 5.69 Å². The van der Waals surface area contributed by atoms with Gasteiger partial charge in [-0.2, -0.15) is 0 Å². The van der Waals surface area contributed by atoms with E-state index in [0.717, 1.165) is 48.4 Å². The first kappa shape index (κ1) is 22.1. The van der Waals surface area contributed by atoms with Crippen molar-refractivity contribution in [2.24, 2.45) is 4.99 Å². The van der Waals surface area contributed by atoms with Gasteiger partial charge in [0.1, 0.15) is 0 Å². The van der Waals surface area contributed by atoms with Crippen LogP contribution in [0, 0.1) is 27.7 Å². The molecule has 1 aliphatic rings. The molecule has 1 saturated heterocycles. The molecule has 2 aromatic carbocycles. The number of hydrogen-bond acceptors (Lipinski definition) is 3. The zero-order valence-corrected chi connectivity index (χ0v) is 21.6. The van der Waals surface area contributed by atoms with E-state index < -0.39 is 0 Å². The highest BCUT2D eigenvalue weighted by Crippen LogP contribution is 2.32. The molecule has 1 aliphatic heterocycles. The molecule has 0 saturated carbocycles. The molecule has 3 aromatic rings. The van der Waals surface area contributed by atoms with Gasteiger partial charge in [0.25, 0.3) is 5.91 Å². The maximum atomic E-state index is 12.6. The van der Waals surface area contributed by atoms with Crippen molar-refractivity contribution in [2.45, 2.75) is 27.7 Å². The zero-order valence-electron chi connectivity index (χ0n) is 17.6. The summed E-state index contributed by atoms with van der Waals surface area (Å²) >= 11 is 8.44. The topological polar surface area (TPSA) is 46.4 Å². The minimum Gasteiger partial charge on any atom is -0.318 e. The van der Waals surface area contributed by atoms with E-state index in [9.17, 15) is 4.79 Å². The molecule has 0 bridgehead atoms. The van der Waals surface area contributed by atoms with Crippen LogP contribution in [0.4, 0.5) is 5.69 Å². The minimum atomic E-state index is -0.122. The van der Waals surface area contributed by atoms with E-state index in [-0.39, 0.29) is 5.91 Å². The Morgan fingerprint density at radius 2 is 1.65 bits per heavy atom. The van der Waals surface area contributed by atoms with Crippen LogP contribution in [0.1, 0.15) is 28.1 Å². The number of carbonyl (C=O) groups is 1. The second kappa shape index (κ2) is 8.81. The van der Waals surface area contributed by atoms with E-state index in [1.807, 2.05) is 44.2 Å². The summed E-state index contributed by atoms with van der Waals surface area (Å²) < 4.78 is 4.32. The number of nitrogens with zero attached hydrogens (tertiary/aromatic N) is 2. The van der Waals surface area contributed by atoms with Crippen molar-refractivity contribution in [1.82, 2.24) is 9.88 Å². The monoisotopic (exact) mass is 557 g/mol. The van der Waals surface area contributed by atoms with E-state index in [2.05, 4.69) is 78.8 Å². The molecule has 0 spiro atoms. The summed E-state index contributed by atoms with van der Waals surface area (Å²) in [5.41, 5.74) is 7.38. The Labute approximate surface area is 203 Å². The molecule has 0 unspecified atom stereocenters. The molecule has 4 nitrogen and oxygen atoms in total. The van der Waals surface area contributed by atoms with Gasteiger partial charge in [-0.3, -0.25) is 4.79 Å². The fourth-order valence-electron chi connectivity index (χ4n) is 3.65. The van der Waals surface area contributed by atoms with Crippen LogP contribution < -0.4 is 5.32 Å². The summed E-state index contributed by atoms with van der Waals surface area (Å²) in [7, 11) is 0. The molecule has 1 amide bonds. The minimum absolute atomic E-state index is 0.122. The zero-order chi connectivity index (χ0) is 22.3. The third-order valence-electron chi connectivity index (χ3n) is 5.14. The first-order valence-corrected chi connectivity index (χ1v) is 12.1. The lowest BCUT2D eigenvalue weighted by Gasteiger charge is -2.09. The second-order valence-corrected chi connectivity index (χ2v) is 10.3. The van der Waals surface area contributed by atoms with Gasteiger partial charge in [-0.15, -0.1) is 0 Å². The van der Waals surface area contributed by atoms with Gasteiger partial charge >= 0.3 is 0 Å². The number of aliphatic imine (C=N–C) groups is 1. The van der Waals surface area contributed by atoms with Crippen LogP contribution in [0.3, 0.4) is 0 Å². The first-order valence-electron chi connectivity index (χ1n) is 9.74. The summed E-state index contributed by atoms with van der Waals surface area (Å²) in [5.74, 6) is -0.122. The van der Waals surface area contributed by atoms with E-state index in [1.165, 1.54) is 11.8 Å². The molecule has 4 rings (SSSR count). The van der Waals surface area contributed by atoms with Crippen molar-refractivity contribution in [1.29, 1.82) is 0 Å². The molecular weight excluding hydrogens is 538 g/mol. The SMILES string of the molecule is Cc1cc(N=C2NC(=O)/C(=C\c3cc(C)n(-c4ccc(Br)cc4)c3C)S2)cc(C)c1Br. The Hall–Kier alpha value is -2.09. The van der Waals surface area contributed by atoms with Crippen LogP contribution in [0.25, 0.3) is 11.8 Å². The lowest BCUT2D eigenvalue weighted by atomic mass is 10.1. The maximum Gasteiger partial charge on any atom is 0.264 e. The van der Waals surface area contributed by atoms with Gasteiger partial charge in [0.2, 0.25) is 0 Å². The largest absolute Gasteiger partial charge is 0.318 e. The number of amidine groups is 1. The number of aromatic nitrogens is 1. The fraction of sp³-hybridized carbons (Fsp3) is 0.167. The van der Waals surface area contributed by atoms with Crippen molar-refractivity contribution in [3.05, 3.63) is 84.4 Å². The Morgan fingerprint density at radius 3 is 2.29 bits per heavy atom. The van der Waals surface area contributed by atoms with Crippen molar-refractivity contribution >= 4 is 66.5 Å². The molecule has 0 atom stereocenters. The van der Waals surface area contributed by atoms with Crippen LogP contribution in [-0.4, -0.2) is 15.6 Å². The molecule has 2 heterocycles. The highest BCUT2D eigenvalue weighted by molar-refractivity contribution is 9.10. The predicted octanol–water partition coefficient (Wildman–Crippen LogP) is 7.13. The van der Waals surface area contributed by atoms with E-state index in [1.54, 1.807) is 0 Å². The third-order valence-corrected chi connectivity index (χ3v) is 7.83. The van der Waals surface area contributed by atoms with Crippen LogP contribution in [0.2, 0.25) is 0 Å². The Bertz CT molecular complexity index is 1230. The van der Waals surface area contributed by atoms with Crippen LogP contribution in [0.15, 0.2) is 61.3 Å². The number of nitrogens with one attached hydrogen (secondary N) is 1. The highest BCUT2D eigenvalue weighted by Gasteiger charge is 2.24. The molecular formula is C24H21Br2N3OS. The lowest BCUT2D eigenvalue weighted by Crippen LogP contribution is -2.19. The van der Waals surface area contributed by atoms with Crippen LogP contribution in [-0.2, 0) is 4.79 Å². The van der Waals surface area contributed by atoms with Gasteiger partial charge in [0.15, 0.2) is 5.17 Å². The second-order valence-electron chi connectivity index (χ2n) is 7.51. The lowest BCUT2D eigenvalue weighted by molar-refractivity contribution is -0.115. The summed E-state index contributed by atoms with van der Waals surface area (Å²) in [6.45, 7) is 8.21. The summed E-state index contributed by atoms with van der Waals surface area (Å²) in [5, 5.41) is 3.48. The van der Waals surface area contributed by atoms with Gasteiger partial charge in [-0.1, -0.05) is 31.9 Å². The van der Waals surface area contributed by atoms with E-state index in [0.29, 0.717) is 10.1 Å². The first-order chi connectivity index (χ1) is 14.7.